The molecule has 0 aliphatic carbocycles. The summed E-state index contributed by atoms with van der Waals surface area (Å²) in [5, 5.41) is 4.44. The summed E-state index contributed by atoms with van der Waals surface area (Å²) >= 11 is 5.09. The van der Waals surface area contributed by atoms with Gasteiger partial charge in [-0.3, -0.25) is 25.8 Å². The average molecular weight is 494 g/mol. The fourth-order valence-electron chi connectivity index (χ4n) is 3.43. The summed E-state index contributed by atoms with van der Waals surface area (Å²) in [7, 11) is 0. The Morgan fingerprint density at radius 3 is 2.37 bits per heavy atom. The molecule has 0 saturated heterocycles. The van der Waals surface area contributed by atoms with Crippen LogP contribution in [0.15, 0.2) is 66.7 Å². The van der Waals surface area contributed by atoms with Crippen molar-refractivity contribution in [3.8, 4) is 11.5 Å². The van der Waals surface area contributed by atoms with E-state index in [-0.39, 0.29) is 11.7 Å². The van der Waals surface area contributed by atoms with Gasteiger partial charge >= 0.3 is 0 Å². The molecule has 0 unspecified atom stereocenters. The van der Waals surface area contributed by atoms with Crippen LogP contribution >= 0.6 is 12.2 Å². The molecule has 0 bridgehead atoms. The molecule has 0 radical (unpaired) electrons. The molecule has 8 heteroatoms. The third-order valence-electron chi connectivity index (χ3n) is 5.28. The predicted octanol–water partition coefficient (Wildman–Crippen LogP) is 4.90. The summed E-state index contributed by atoms with van der Waals surface area (Å²) < 4.78 is 11.3. The second kappa shape index (κ2) is 13.9. The van der Waals surface area contributed by atoms with Gasteiger partial charge in [0.1, 0.15) is 11.5 Å². The average Bonchev–Trinajstić information content (AvgIpc) is 2.88. The number of hydrogen-bond donors (Lipinski definition) is 3. The van der Waals surface area contributed by atoms with E-state index >= 15 is 0 Å². The number of carbonyl (C=O) groups is 2. The lowest BCUT2D eigenvalue weighted by molar-refractivity contribution is -0.123. The highest BCUT2D eigenvalue weighted by Crippen LogP contribution is 2.24. The van der Waals surface area contributed by atoms with E-state index in [9.17, 15) is 9.59 Å². The van der Waals surface area contributed by atoms with Crippen LogP contribution in [0.1, 0.15) is 49.4 Å². The number of fused-ring (bicyclic) bond motifs is 1. The molecule has 2 amide bonds. The molecule has 0 fully saturated rings. The van der Waals surface area contributed by atoms with Crippen LogP contribution in [0.25, 0.3) is 10.8 Å². The van der Waals surface area contributed by atoms with Crippen molar-refractivity contribution in [3.05, 3.63) is 72.3 Å². The Morgan fingerprint density at radius 1 is 0.829 bits per heavy atom. The van der Waals surface area contributed by atoms with Crippen molar-refractivity contribution in [1.82, 2.24) is 16.2 Å². The Morgan fingerprint density at radius 2 is 1.57 bits per heavy atom. The summed E-state index contributed by atoms with van der Waals surface area (Å²) in [6.45, 7) is 2.64. The summed E-state index contributed by atoms with van der Waals surface area (Å²) in [6.07, 6.45) is 5.87. The van der Waals surface area contributed by atoms with Gasteiger partial charge in [0.05, 0.1) is 6.61 Å². The van der Waals surface area contributed by atoms with E-state index < -0.39 is 11.8 Å². The number of benzene rings is 3. The van der Waals surface area contributed by atoms with Gasteiger partial charge in [0.25, 0.3) is 11.8 Å². The first kappa shape index (κ1) is 26.0. The summed E-state index contributed by atoms with van der Waals surface area (Å²) in [5.74, 6) is 0.495. The van der Waals surface area contributed by atoms with E-state index in [0.29, 0.717) is 17.9 Å². The third kappa shape index (κ3) is 8.57. The molecular weight excluding hydrogens is 462 g/mol. The highest BCUT2D eigenvalue weighted by atomic mass is 32.1. The van der Waals surface area contributed by atoms with E-state index in [4.69, 9.17) is 21.7 Å². The molecule has 0 saturated carbocycles. The highest BCUT2D eigenvalue weighted by molar-refractivity contribution is 7.80. The van der Waals surface area contributed by atoms with Gasteiger partial charge < -0.3 is 9.47 Å². The SMILES string of the molecule is CCCCCCCOc1ccc(C(=O)NC(=S)NNC(=O)COc2cccc3ccccc23)cc1. The van der Waals surface area contributed by atoms with Crippen LogP contribution in [0.3, 0.4) is 0 Å². The van der Waals surface area contributed by atoms with E-state index in [1.807, 2.05) is 36.4 Å². The van der Waals surface area contributed by atoms with Crippen molar-refractivity contribution in [1.29, 1.82) is 0 Å². The molecule has 0 spiro atoms. The Hall–Kier alpha value is -3.65. The largest absolute Gasteiger partial charge is 0.494 e. The minimum absolute atomic E-state index is 0.0269. The fourth-order valence-corrected chi connectivity index (χ4v) is 3.58. The number of amides is 2. The first-order valence-corrected chi connectivity index (χ1v) is 12.2. The lowest BCUT2D eigenvalue weighted by atomic mass is 10.1. The van der Waals surface area contributed by atoms with E-state index in [0.717, 1.165) is 29.4 Å². The van der Waals surface area contributed by atoms with Gasteiger partial charge in [0.15, 0.2) is 11.7 Å². The number of thiocarbonyl (C=S) groups is 1. The zero-order valence-electron chi connectivity index (χ0n) is 19.8. The number of unbranched alkanes of at least 4 members (excludes halogenated alkanes) is 4. The van der Waals surface area contributed by atoms with Crippen molar-refractivity contribution >= 4 is 39.9 Å². The Kier molecular flexibility index (Phi) is 10.3. The number of rotatable bonds is 11. The topological polar surface area (TPSA) is 88.7 Å². The first-order chi connectivity index (χ1) is 17.1. The molecule has 0 aliphatic rings. The van der Waals surface area contributed by atoms with Gasteiger partial charge in [0.2, 0.25) is 0 Å². The number of hydrazine groups is 1. The predicted molar refractivity (Wildman–Crippen MR) is 141 cm³/mol. The Balaban J connectivity index is 1.36. The maximum Gasteiger partial charge on any atom is 0.276 e. The number of carbonyl (C=O) groups excluding carboxylic acids is 2. The van der Waals surface area contributed by atoms with E-state index in [1.54, 1.807) is 30.3 Å². The standard InChI is InChI=1S/C27H31N3O4S/c1-2-3-4-5-8-18-33-22-16-14-21(15-17-22)26(32)28-27(35)30-29-25(31)19-34-24-13-9-11-20-10-6-7-12-23(20)24/h6-7,9-17H,2-5,8,18-19H2,1H3,(H,29,31)(H2,28,30,32,35). The monoisotopic (exact) mass is 493 g/mol. The number of nitrogens with one attached hydrogen (secondary N) is 3. The summed E-state index contributed by atoms with van der Waals surface area (Å²) in [4.78, 5) is 24.5. The zero-order valence-corrected chi connectivity index (χ0v) is 20.7. The third-order valence-corrected chi connectivity index (χ3v) is 5.49. The van der Waals surface area contributed by atoms with Gasteiger partial charge in [-0.05, 0) is 54.4 Å². The highest BCUT2D eigenvalue weighted by Gasteiger charge is 2.10. The molecule has 3 N–H and O–H groups in total. The molecule has 0 aliphatic heterocycles. The maximum atomic E-state index is 12.4. The summed E-state index contributed by atoms with van der Waals surface area (Å²) in [5.41, 5.74) is 5.36. The lowest BCUT2D eigenvalue weighted by Crippen LogP contribution is -2.49. The smallest absolute Gasteiger partial charge is 0.276 e. The molecule has 3 rings (SSSR count). The first-order valence-electron chi connectivity index (χ1n) is 11.8. The fraction of sp³-hybridized carbons (Fsp3) is 0.296. The maximum absolute atomic E-state index is 12.4. The van der Waals surface area contributed by atoms with Gasteiger partial charge in [0, 0.05) is 10.9 Å². The van der Waals surface area contributed by atoms with Crippen LogP contribution in [-0.4, -0.2) is 30.1 Å². The Labute approximate surface area is 211 Å². The molecule has 0 atom stereocenters. The van der Waals surface area contributed by atoms with Gasteiger partial charge in [-0.1, -0.05) is 69.0 Å². The molecule has 0 heterocycles. The zero-order chi connectivity index (χ0) is 24.9. The van der Waals surface area contributed by atoms with Gasteiger partial charge in [-0.25, -0.2) is 0 Å². The second-order valence-electron chi connectivity index (χ2n) is 8.01. The van der Waals surface area contributed by atoms with Crippen molar-refractivity contribution in [3.63, 3.8) is 0 Å². The Bertz CT molecular complexity index is 1130. The summed E-state index contributed by atoms with van der Waals surface area (Å²) in [6, 6.07) is 20.2. The number of hydrogen-bond acceptors (Lipinski definition) is 5. The van der Waals surface area contributed by atoms with Gasteiger partial charge in [-0.15, -0.1) is 0 Å². The lowest BCUT2D eigenvalue weighted by Gasteiger charge is -2.12. The molecule has 7 nitrogen and oxygen atoms in total. The minimum Gasteiger partial charge on any atom is -0.494 e. The van der Waals surface area contributed by atoms with Crippen molar-refractivity contribution in [2.45, 2.75) is 39.0 Å². The van der Waals surface area contributed by atoms with Crippen molar-refractivity contribution < 1.29 is 19.1 Å². The van der Waals surface area contributed by atoms with Gasteiger partial charge in [-0.2, -0.15) is 0 Å². The number of ether oxygens (including phenoxy) is 2. The van der Waals surface area contributed by atoms with Crippen molar-refractivity contribution in [2.24, 2.45) is 0 Å². The molecule has 35 heavy (non-hydrogen) atoms. The molecular formula is C27H31N3O4S. The quantitative estimate of drug-likeness (QED) is 0.200. The molecule has 0 aromatic heterocycles. The normalized spacial score (nSPS) is 10.4. The van der Waals surface area contributed by atoms with Crippen LogP contribution in [0, 0.1) is 0 Å². The second-order valence-corrected chi connectivity index (χ2v) is 8.42. The van der Waals surface area contributed by atoms with Crippen molar-refractivity contribution in [2.75, 3.05) is 13.2 Å². The minimum atomic E-state index is -0.439. The molecule has 3 aromatic carbocycles. The van der Waals surface area contributed by atoms with Crippen LogP contribution in [0.2, 0.25) is 0 Å². The van der Waals surface area contributed by atoms with Crippen LogP contribution in [0.5, 0.6) is 11.5 Å². The van der Waals surface area contributed by atoms with Crippen LogP contribution in [0.4, 0.5) is 0 Å². The molecule has 184 valence electrons. The molecule has 3 aromatic rings. The van der Waals surface area contributed by atoms with E-state index in [2.05, 4.69) is 23.1 Å². The van der Waals surface area contributed by atoms with Crippen LogP contribution < -0.4 is 25.6 Å². The van der Waals surface area contributed by atoms with E-state index in [1.165, 1.54) is 19.3 Å². The van der Waals surface area contributed by atoms with Crippen LogP contribution in [-0.2, 0) is 4.79 Å².